The second-order valence-corrected chi connectivity index (χ2v) is 13.1. The molecule has 0 aliphatic heterocycles. The maximum atomic E-state index is 11.0. The summed E-state index contributed by atoms with van der Waals surface area (Å²) in [4.78, 5) is 20.9. The smallest absolute Gasteiger partial charge is 0.207 e. The van der Waals surface area contributed by atoms with Gasteiger partial charge in [0.2, 0.25) is 6.41 Å². The van der Waals surface area contributed by atoms with E-state index in [1.807, 2.05) is 30.3 Å². The van der Waals surface area contributed by atoms with Gasteiger partial charge in [-0.15, -0.1) is 0 Å². The van der Waals surface area contributed by atoms with Crippen LogP contribution in [0.25, 0.3) is 0 Å². The van der Waals surface area contributed by atoms with Gasteiger partial charge in [0.15, 0.2) is 5.78 Å². The molecule has 0 atom stereocenters. The first-order valence-corrected chi connectivity index (χ1v) is 14.2. The van der Waals surface area contributed by atoms with Crippen molar-refractivity contribution in [3.05, 3.63) is 35.9 Å². The summed E-state index contributed by atoms with van der Waals surface area (Å²) in [5.74, 6) is -0.141. The van der Waals surface area contributed by atoms with Crippen LogP contribution in [0.4, 0.5) is 0 Å². The molecule has 1 amide bonds. The summed E-state index contributed by atoms with van der Waals surface area (Å²) in [5, 5.41) is 2.29. The molecule has 0 heterocycles. The maximum Gasteiger partial charge on any atom is 0.207 e. The molecule has 0 unspecified atom stereocenters. The average Bonchev–Trinajstić information content (AvgIpc) is 2.55. The molecule has 1 aromatic carbocycles. The standard InChI is InChI=1S/C11H13NO3.P2S5/c13-9-12-6-11(14)8-15-7-10-4-2-1-3-5-10;3-1-2-5-7-6-4/h1-5,9H,6-8H2,(H,12,13);. The highest BCUT2D eigenvalue weighted by Crippen LogP contribution is 2.12. The third-order valence-electron chi connectivity index (χ3n) is 1.88. The summed E-state index contributed by atoms with van der Waals surface area (Å²) < 4.78 is 5.17. The van der Waals surface area contributed by atoms with E-state index in [9.17, 15) is 9.59 Å². The molecule has 120 valence electrons. The third-order valence-corrected chi connectivity index (χ3v) is 11.9. The lowest BCUT2D eigenvalue weighted by molar-refractivity contribution is -0.124. The Kier molecular flexibility index (Phi) is 17.4. The van der Waals surface area contributed by atoms with Crippen LogP contribution in [0.3, 0.4) is 0 Å². The van der Waals surface area contributed by atoms with Crippen molar-refractivity contribution in [2.75, 3.05) is 13.2 Å². The number of rotatable bonds is 8. The lowest BCUT2D eigenvalue weighted by Crippen LogP contribution is -2.24. The second kappa shape index (κ2) is 17.4. The van der Waals surface area contributed by atoms with E-state index in [4.69, 9.17) is 4.74 Å². The molecule has 0 aliphatic rings. The minimum Gasteiger partial charge on any atom is -0.369 e. The van der Waals surface area contributed by atoms with Crippen molar-refractivity contribution >= 4 is 76.5 Å². The molecular formula is C11H13NO3P2S5. The fourth-order valence-corrected chi connectivity index (χ4v) is 10.7. The van der Waals surface area contributed by atoms with Gasteiger partial charge in [-0.3, -0.25) is 9.59 Å². The van der Waals surface area contributed by atoms with E-state index in [2.05, 4.69) is 28.3 Å². The Morgan fingerprint density at radius 3 is 2.68 bits per heavy atom. The first-order chi connectivity index (χ1) is 10.7. The van der Waals surface area contributed by atoms with Crippen LogP contribution in [0.2, 0.25) is 0 Å². The fourth-order valence-electron chi connectivity index (χ4n) is 1.10. The van der Waals surface area contributed by atoms with Crippen LogP contribution >= 0.6 is 14.1 Å². The highest BCUT2D eigenvalue weighted by atomic mass is 33.3. The van der Waals surface area contributed by atoms with Gasteiger partial charge in [-0.25, -0.2) is 0 Å². The molecule has 0 saturated carbocycles. The predicted octanol–water partition coefficient (Wildman–Crippen LogP) is 2.23. The fraction of sp³-hybridized carbons (Fsp3) is 0.273. The molecule has 22 heavy (non-hydrogen) atoms. The van der Waals surface area contributed by atoms with E-state index in [1.54, 1.807) is 18.4 Å². The van der Waals surface area contributed by atoms with Crippen molar-refractivity contribution in [3.8, 4) is 0 Å². The van der Waals surface area contributed by atoms with Gasteiger partial charge in [-0.1, -0.05) is 30.3 Å². The Hall–Kier alpha value is 0.0200. The van der Waals surface area contributed by atoms with Crippen LogP contribution < -0.4 is 5.32 Å². The van der Waals surface area contributed by atoms with E-state index >= 15 is 0 Å². The molecule has 11 heteroatoms. The maximum absolute atomic E-state index is 11.0. The molecule has 0 aliphatic carbocycles. The van der Waals surface area contributed by atoms with E-state index in [-0.39, 0.29) is 18.9 Å². The minimum absolute atomic E-state index is 0.0235. The van der Waals surface area contributed by atoms with Crippen molar-refractivity contribution in [2.45, 2.75) is 6.61 Å². The van der Waals surface area contributed by atoms with Crippen molar-refractivity contribution in [1.29, 1.82) is 0 Å². The molecule has 1 N–H and O–H groups in total. The Morgan fingerprint density at radius 2 is 2.09 bits per heavy atom. The monoisotopic (exact) mass is 429 g/mol. The normalized spacial score (nSPS) is 9.27. The van der Waals surface area contributed by atoms with Crippen LogP contribution in [0, 0.1) is 0 Å². The highest BCUT2D eigenvalue weighted by molar-refractivity contribution is 8.63. The molecule has 0 aromatic heterocycles. The number of benzene rings is 1. The zero-order valence-corrected chi connectivity index (χ0v) is 17.1. The van der Waals surface area contributed by atoms with E-state index in [0.29, 0.717) is 13.0 Å². The topological polar surface area (TPSA) is 55.4 Å². The summed E-state index contributed by atoms with van der Waals surface area (Å²) in [6.45, 7) is 0.460. The van der Waals surface area contributed by atoms with E-state index in [0.717, 1.165) is 12.6 Å². The molecule has 0 fully saturated rings. The molecular weight excluding hydrogens is 416 g/mol. The Bertz CT molecular complexity index is 597. The Morgan fingerprint density at radius 1 is 1.36 bits per heavy atom. The predicted molar refractivity (Wildman–Crippen MR) is 106 cm³/mol. The highest BCUT2D eigenvalue weighted by Gasteiger charge is 2.00. The minimum atomic E-state index is -0.141. The van der Waals surface area contributed by atoms with Gasteiger partial charge in [0.25, 0.3) is 0 Å². The number of hydrogen-bond acceptors (Lipinski definition) is 5. The van der Waals surface area contributed by atoms with Crippen molar-refractivity contribution < 1.29 is 14.3 Å². The zero-order valence-electron chi connectivity index (χ0n) is 11.2. The molecule has 1 rings (SSSR count). The van der Waals surface area contributed by atoms with Crippen molar-refractivity contribution in [2.24, 2.45) is 0 Å². The van der Waals surface area contributed by atoms with Crippen LogP contribution in [0.1, 0.15) is 5.56 Å². The van der Waals surface area contributed by atoms with Crippen LogP contribution in [-0.2, 0) is 71.2 Å². The summed E-state index contributed by atoms with van der Waals surface area (Å²) in [7, 11) is 6.83. The number of ether oxygens (including phenoxy) is 1. The number of amides is 1. The molecule has 0 bridgehead atoms. The average molecular weight is 430 g/mol. The number of hydrogen-bond donors (Lipinski definition) is 1. The number of nitrogens with one attached hydrogen (secondary N) is 1. The van der Waals surface area contributed by atoms with Gasteiger partial charge in [0.05, 0.1) is 13.2 Å². The number of carbonyl (C=O) groups is 2. The number of Topliss-reactive ketones (excluding diaryl/α,β-unsaturated/α-hetero) is 1. The van der Waals surface area contributed by atoms with Crippen LogP contribution in [-0.4, -0.2) is 25.3 Å². The number of ketones is 1. The SMILES string of the molecule is O=CNCC(=O)COCc1ccccc1.S=PP=S=S=S=S. The Labute approximate surface area is 151 Å². The quantitative estimate of drug-likeness (QED) is 0.507. The summed E-state index contributed by atoms with van der Waals surface area (Å²) in [5.41, 5.74) is 1.02. The van der Waals surface area contributed by atoms with E-state index in [1.165, 1.54) is 15.9 Å². The van der Waals surface area contributed by atoms with Gasteiger partial charge in [-0.05, 0) is 55.8 Å². The van der Waals surface area contributed by atoms with Gasteiger partial charge in [-0.2, -0.15) is 0 Å². The first-order valence-electron chi connectivity index (χ1n) is 5.70. The molecule has 0 spiro atoms. The molecule has 1 aromatic rings. The summed E-state index contributed by atoms with van der Waals surface area (Å²) in [6, 6.07) is 9.59. The lowest BCUT2D eigenvalue weighted by Gasteiger charge is -2.03. The third kappa shape index (κ3) is 14.9. The molecule has 0 saturated heterocycles. The first kappa shape index (κ1) is 22.0. The largest absolute Gasteiger partial charge is 0.369 e. The zero-order chi connectivity index (χ0) is 16.5. The van der Waals surface area contributed by atoms with Gasteiger partial charge >= 0.3 is 0 Å². The van der Waals surface area contributed by atoms with Gasteiger partial charge in [0.1, 0.15) is 6.61 Å². The number of carbonyl (C=O) groups excluding carboxylic acids is 2. The van der Waals surface area contributed by atoms with Gasteiger partial charge in [0, 0.05) is 14.1 Å². The van der Waals surface area contributed by atoms with Gasteiger partial charge < -0.3 is 10.1 Å². The van der Waals surface area contributed by atoms with Crippen LogP contribution in [0.5, 0.6) is 0 Å². The van der Waals surface area contributed by atoms with Crippen molar-refractivity contribution in [1.82, 2.24) is 5.32 Å². The summed E-state index contributed by atoms with van der Waals surface area (Å²) in [6.07, 6.45) is 0.495. The lowest BCUT2D eigenvalue weighted by atomic mass is 10.2. The molecule has 0 radical (unpaired) electrons. The Balaban J connectivity index is 0.000000534. The summed E-state index contributed by atoms with van der Waals surface area (Å²) >= 11 is 9.23. The van der Waals surface area contributed by atoms with Crippen LogP contribution in [0.15, 0.2) is 30.3 Å². The molecule has 4 nitrogen and oxygen atoms in total. The van der Waals surface area contributed by atoms with E-state index < -0.39 is 0 Å². The van der Waals surface area contributed by atoms with Crippen molar-refractivity contribution in [3.63, 3.8) is 0 Å². The second-order valence-electron chi connectivity index (χ2n) is 3.39.